The van der Waals surface area contributed by atoms with Crippen LogP contribution in [0.1, 0.15) is 29.3 Å². The third-order valence-corrected chi connectivity index (χ3v) is 9.22. The van der Waals surface area contributed by atoms with Crippen LogP contribution in [-0.4, -0.2) is 42.2 Å². The van der Waals surface area contributed by atoms with Gasteiger partial charge in [0, 0.05) is 32.7 Å². The quantitative estimate of drug-likeness (QED) is 0.0861. The van der Waals surface area contributed by atoms with E-state index in [2.05, 4.69) is 20.9 Å². The van der Waals surface area contributed by atoms with E-state index in [1.807, 2.05) is 48.7 Å². The Morgan fingerprint density at radius 2 is 1.60 bits per heavy atom. The molecule has 0 aliphatic carbocycles. The van der Waals surface area contributed by atoms with E-state index >= 15 is 0 Å². The monoisotopic (exact) mass is 678 g/mol. The number of anilines is 2. The average Bonchev–Trinajstić information content (AvgIpc) is 3.59. The minimum Gasteiger partial charge on any atom is -0.493 e. The molecule has 1 atom stereocenters. The smallest absolute Gasteiger partial charge is 0.272 e. The van der Waals surface area contributed by atoms with Crippen LogP contribution in [0.2, 0.25) is 0 Å². The van der Waals surface area contributed by atoms with Gasteiger partial charge in [0.25, 0.3) is 11.8 Å². The molecular weight excluding hydrogens is 645 g/mol. The maximum Gasteiger partial charge on any atom is 0.272 e. The van der Waals surface area contributed by atoms with E-state index in [0.29, 0.717) is 39.9 Å². The van der Waals surface area contributed by atoms with E-state index in [4.69, 9.17) is 9.47 Å². The summed E-state index contributed by atoms with van der Waals surface area (Å²) in [7, 11) is 3.03. The van der Waals surface area contributed by atoms with Gasteiger partial charge in [-0.3, -0.25) is 14.4 Å². The number of para-hydroxylation sites is 1. The van der Waals surface area contributed by atoms with Gasteiger partial charge in [0.05, 0.1) is 25.2 Å². The Morgan fingerprint density at radius 1 is 0.875 bits per heavy atom. The first-order chi connectivity index (χ1) is 23.4. The second kappa shape index (κ2) is 16.4. The Hall–Kier alpha value is -5.39. The number of thioether (sulfide) groups is 1. The SMILES string of the molecule is CCC(Sc1cccc(NC(=O)/C(=C\c2cccc(OC)c2OC)NC(=O)c2ccccc2)c1)C(=O)Nc1nc(-c2ccccc2)cs1. The Balaban J connectivity index is 1.32. The van der Waals surface area contributed by atoms with Crippen molar-refractivity contribution in [1.29, 1.82) is 0 Å². The maximum absolute atomic E-state index is 13.7. The minimum absolute atomic E-state index is 0.00223. The molecule has 5 rings (SSSR count). The van der Waals surface area contributed by atoms with Crippen molar-refractivity contribution in [2.75, 3.05) is 24.9 Å². The van der Waals surface area contributed by atoms with Crippen molar-refractivity contribution >= 4 is 57.7 Å². The molecule has 0 spiro atoms. The fraction of sp³-hybridized carbons (Fsp3) is 0.135. The van der Waals surface area contributed by atoms with E-state index in [1.54, 1.807) is 66.7 Å². The molecule has 3 amide bonds. The van der Waals surface area contributed by atoms with Gasteiger partial charge in [-0.25, -0.2) is 4.98 Å². The summed E-state index contributed by atoms with van der Waals surface area (Å²) in [6, 6.07) is 30.9. The number of rotatable bonds is 13. The van der Waals surface area contributed by atoms with Crippen molar-refractivity contribution in [3.8, 4) is 22.8 Å². The zero-order valence-electron chi connectivity index (χ0n) is 26.6. The first-order valence-electron chi connectivity index (χ1n) is 15.1. The lowest BCUT2D eigenvalue weighted by molar-refractivity contribution is -0.116. The number of thiazole rings is 1. The highest BCUT2D eigenvalue weighted by Crippen LogP contribution is 2.33. The van der Waals surface area contributed by atoms with Crippen molar-refractivity contribution in [1.82, 2.24) is 10.3 Å². The summed E-state index contributed by atoms with van der Waals surface area (Å²) in [4.78, 5) is 45.4. The number of ether oxygens (including phenoxy) is 2. The van der Waals surface area contributed by atoms with Crippen LogP contribution in [0.4, 0.5) is 10.8 Å². The van der Waals surface area contributed by atoms with Crippen molar-refractivity contribution in [3.05, 3.63) is 125 Å². The molecule has 48 heavy (non-hydrogen) atoms. The lowest BCUT2D eigenvalue weighted by Crippen LogP contribution is -2.30. The van der Waals surface area contributed by atoms with Crippen molar-refractivity contribution in [3.63, 3.8) is 0 Å². The number of methoxy groups -OCH3 is 2. The molecule has 1 heterocycles. The van der Waals surface area contributed by atoms with E-state index in [0.717, 1.165) is 16.2 Å². The number of hydrogen-bond acceptors (Lipinski definition) is 8. The number of nitrogens with zero attached hydrogens (tertiary/aromatic N) is 1. The topological polar surface area (TPSA) is 119 Å². The Kier molecular flexibility index (Phi) is 11.6. The summed E-state index contributed by atoms with van der Waals surface area (Å²) >= 11 is 2.76. The number of nitrogens with one attached hydrogen (secondary N) is 3. The Labute approximate surface area is 287 Å². The van der Waals surface area contributed by atoms with Crippen LogP contribution in [0.5, 0.6) is 11.5 Å². The van der Waals surface area contributed by atoms with Crippen molar-refractivity contribution in [2.45, 2.75) is 23.5 Å². The molecule has 11 heteroatoms. The zero-order chi connectivity index (χ0) is 33.9. The predicted octanol–water partition coefficient (Wildman–Crippen LogP) is 7.75. The van der Waals surface area contributed by atoms with Crippen LogP contribution in [0, 0.1) is 0 Å². The van der Waals surface area contributed by atoms with Crippen LogP contribution >= 0.6 is 23.1 Å². The van der Waals surface area contributed by atoms with Crippen molar-refractivity contribution in [2.24, 2.45) is 0 Å². The molecule has 0 aliphatic rings. The average molecular weight is 679 g/mol. The summed E-state index contributed by atoms with van der Waals surface area (Å²) in [5, 5.41) is 10.6. The highest BCUT2D eigenvalue weighted by molar-refractivity contribution is 8.00. The lowest BCUT2D eigenvalue weighted by Gasteiger charge is -2.15. The fourth-order valence-corrected chi connectivity index (χ4v) is 6.45. The van der Waals surface area contributed by atoms with Crippen molar-refractivity contribution < 1.29 is 23.9 Å². The third kappa shape index (κ3) is 8.69. The first kappa shape index (κ1) is 34.0. The molecule has 244 valence electrons. The summed E-state index contributed by atoms with van der Waals surface area (Å²) in [5.41, 5.74) is 3.20. The molecule has 0 bridgehead atoms. The molecule has 0 saturated heterocycles. The minimum atomic E-state index is -0.547. The second-order valence-corrected chi connectivity index (χ2v) is 12.5. The maximum atomic E-state index is 13.7. The zero-order valence-corrected chi connectivity index (χ0v) is 28.2. The molecule has 1 aromatic heterocycles. The molecule has 0 saturated carbocycles. The molecular formula is C37H34N4O5S2. The van der Waals surface area contributed by atoms with E-state index < -0.39 is 17.1 Å². The van der Waals surface area contributed by atoms with E-state index in [1.165, 1.54) is 43.4 Å². The summed E-state index contributed by atoms with van der Waals surface area (Å²) in [6.07, 6.45) is 2.11. The Bertz CT molecular complexity index is 1910. The molecule has 0 radical (unpaired) electrons. The van der Waals surface area contributed by atoms with E-state index in [-0.39, 0.29) is 11.6 Å². The highest BCUT2D eigenvalue weighted by Gasteiger charge is 2.21. The van der Waals surface area contributed by atoms with Gasteiger partial charge in [-0.05, 0) is 48.9 Å². The molecule has 9 nitrogen and oxygen atoms in total. The van der Waals surface area contributed by atoms with Gasteiger partial charge < -0.3 is 25.4 Å². The van der Waals surface area contributed by atoms with Crippen LogP contribution in [0.15, 0.2) is 119 Å². The molecule has 1 unspecified atom stereocenters. The second-order valence-electron chi connectivity index (χ2n) is 10.4. The van der Waals surface area contributed by atoms with Gasteiger partial charge in [0.1, 0.15) is 5.70 Å². The molecule has 5 aromatic rings. The third-order valence-electron chi connectivity index (χ3n) is 7.10. The molecule has 4 aromatic carbocycles. The highest BCUT2D eigenvalue weighted by atomic mass is 32.2. The summed E-state index contributed by atoms with van der Waals surface area (Å²) in [5.74, 6) is -0.265. The van der Waals surface area contributed by atoms with Crippen LogP contribution in [-0.2, 0) is 9.59 Å². The number of carbonyl (C=O) groups is 3. The van der Waals surface area contributed by atoms with Crippen LogP contribution in [0.25, 0.3) is 17.3 Å². The molecule has 0 fully saturated rings. The van der Waals surface area contributed by atoms with Gasteiger partial charge in [0.15, 0.2) is 16.6 Å². The largest absolute Gasteiger partial charge is 0.493 e. The first-order valence-corrected chi connectivity index (χ1v) is 16.8. The van der Waals surface area contributed by atoms with Gasteiger partial charge >= 0.3 is 0 Å². The molecule has 0 aliphatic heterocycles. The number of aromatic nitrogens is 1. The standard InChI is InChI=1S/C37H34N4O5S2/c1-4-32(36(44)41-37-40-30(23-47-37)24-13-7-5-8-14-24)48-28-19-12-18-27(22-28)38-35(43)29(39-34(42)25-15-9-6-10-16-25)21-26-17-11-20-31(45-2)33(26)46-3/h5-23,32H,4H2,1-3H3,(H,38,43)(H,39,42)(H,40,41,44)/b29-21+. The van der Waals surface area contributed by atoms with E-state index in [9.17, 15) is 14.4 Å². The summed E-state index contributed by atoms with van der Waals surface area (Å²) < 4.78 is 11.0. The van der Waals surface area contributed by atoms with Crippen LogP contribution < -0.4 is 25.4 Å². The van der Waals surface area contributed by atoms with Gasteiger partial charge in [-0.2, -0.15) is 0 Å². The molecule has 3 N–H and O–H groups in total. The van der Waals surface area contributed by atoms with Gasteiger partial charge in [0.2, 0.25) is 5.91 Å². The van der Waals surface area contributed by atoms with Crippen LogP contribution in [0.3, 0.4) is 0 Å². The lowest BCUT2D eigenvalue weighted by atomic mass is 10.1. The fourth-order valence-electron chi connectivity index (χ4n) is 4.71. The normalized spacial score (nSPS) is 11.7. The summed E-state index contributed by atoms with van der Waals surface area (Å²) in [6.45, 7) is 1.94. The number of benzene rings is 4. The number of hydrogen-bond donors (Lipinski definition) is 3. The van der Waals surface area contributed by atoms with Gasteiger partial charge in [-0.1, -0.05) is 73.7 Å². The number of carbonyl (C=O) groups excluding carboxylic acids is 3. The Morgan fingerprint density at radius 3 is 2.31 bits per heavy atom. The predicted molar refractivity (Wildman–Crippen MR) is 193 cm³/mol. The number of amides is 3. The van der Waals surface area contributed by atoms with Gasteiger partial charge in [-0.15, -0.1) is 23.1 Å².